The number of carbonyl (C=O) groups is 1. The van der Waals surface area contributed by atoms with Crippen LogP contribution in [0.5, 0.6) is 5.75 Å². The van der Waals surface area contributed by atoms with Crippen molar-refractivity contribution in [1.82, 2.24) is 9.29 Å². The number of fused-ring (bicyclic) bond motifs is 1. The predicted molar refractivity (Wildman–Crippen MR) is 124 cm³/mol. The van der Waals surface area contributed by atoms with Gasteiger partial charge in [0.25, 0.3) is 15.9 Å². The Labute approximate surface area is 187 Å². The Hall–Kier alpha value is -3.58. The van der Waals surface area contributed by atoms with Gasteiger partial charge in [-0.15, -0.1) is 0 Å². The number of rotatable bonds is 8. The van der Waals surface area contributed by atoms with E-state index in [9.17, 15) is 13.2 Å². The number of benzene rings is 3. The van der Waals surface area contributed by atoms with Crippen molar-refractivity contribution in [2.45, 2.75) is 18.2 Å². The zero-order valence-electron chi connectivity index (χ0n) is 17.7. The molecular formula is C25H24N2O4S. The molecule has 4 aromatic rings. The third-order valence-corrected chi connectivity index (χ3v) is 6.85. The molecule has 1 heterocycles. The number of carbonyl (C=O) groups excluding carboxylic acids is 1. The predicted octanol–water partition coefficient (Wildman–Crippen LogP) is 3.92. The van der Waals surface area contributed by atoms with E-state index < -0.39 is 10.0 Å². The quantitative estimate of drug-likeness (QED) is 0.443. The number of hydrogen-bond acceptors (Lipinski definition) is 4. The van der Waals surface area contributed by atoms with Gasteiger partial charge in [-0.25, -0.2) is 12.4 Å². The average Bonchev–Trinajstić information content (AvgIpc) is 3.23. The van der Waals surface area contributed by atoms with Crippen LogP contribution in [0.25, 0.3) is 10.9 Å². The van der Waals surface area contributed by atoms with E-state index in [0.29, 0.717) is 24.2 Å². The number of aryl methyl sites for hydroxylation is 1. The molecule has 0 aliphatic heterocycles. The first-order chi connectivity index (χ1) is 15.4. The number of amides is 1. The molecule has 1 amide bonds. The lowest BCUT2D eigenvalue weighted by atomic mass is 10.1. The van der Waals surface area contributed by atoms with Crippen LogP contribution >= 0.6 is 0 Å². The number of aromatic nitrogens is 1. The second-order valence-electron chi connectivity index (χ2n) is 7.52. The Morgan fingerprint density at radius 1 is 0.969 bits per heavy atom. The number of nitrogens with zero attached hydrogens (tertiary/aromatic N) is 1. The van der Waals surface area contributed by atoms with Crippen LogP contribution in [-0.4, -0.2) is 31.4 Å². The Bertz CT molecular complexity index is 1330. The first-order valence-corrected chi connectivity index (χ1v) is 11.7. The lowest BCUT2D eigenvalue weighted by Crippen LogP contribution is -2.30. The van der Waals surface area contributed by atoms with Gasteiger partial charge in [0.1, 0.15) is 5.75 Å². The average molecular weight is 449 g/mol. The number of nitrogens with one attached hydrogen (secondary N) is 1. The summed E-state index contributed by atoms with van der Waals surface area (Å²) in [5.41, 5.74) is 2.54. The minimum absolute atomic E-state index is 0.0549. The molecule has 1 aromatic heterocycles. The van der Waals surface area contributed by atoms with E-state index >= 15 is 0 Å². The lowest BCUT2D eigenvalue weighted by Gasteiger charge is -2.10. The molecule has 0 fully saturated rings. The summed E-state index contributed by atoms with van der Waals surface area (Å²) in [5, 5.41) is 3.67. The van der Waals surface area contributed by atoms with E-state index in [4.69, 9.17) is 4.74 Å². The van der Waals surface area contributed by atoms with Gasteiger partial charge in [0, 0.05) is 18.1 Å². The summed E-state index contributed by atoms with van der Waals surface area (Å²) in [6.45, 7) is 2.29. The van der Waals surface area contributed by atoms with Crippen LogP contribution in [0, 0.1) is 6.92 Å². The van der Waals surface area contributed by atoms with Crippen LogP contribution in [0.2, 0.25) is 0 Å². The summed E-state index contributed by atoms with van der Waals surface area (Å²) in [4.78, 5) is 12.3. The fourth-order valence-electron chi connectivity index (χ4n) is 3.40. The SMILES string of the molecule is Cc1ccc(S(=O)(=O)n2ccc3ccc(CCNC(=O)COc4ccccc4)cc32)cc1. The van der Waals surface area contributed by atoms with Crippen molar-refractivity contribution in [1.29, 1.82) is 0 Å². The van der Waals surface area contributed by atoms with E-state index in [0.717, 1.165) is 16.5 Å². The highest BCUT2D eigenvalue weighted by Gasteiger charge is 2.18. The highest BCUT2D eigenvalue weighted by Crippen LogP contribution is 2.23. The third kappa shape index (κ3) is 4.84. The highest BCUT2D eigenvalue weighted by molar-refractivity contribution is 7.90. The summed E-state index contributed by atoms with van der Waals surface area (Å²) in [6, 6.07) is 23.4. The Kier molecular flexibility index (Phi) is 6.28. The maximum absolute atomic E-state index is 13.1. The van der Waals surface area contributed by atoms with E-state index in [2.05, 4.69) is 5.32 Å². The van der Waals surface area contributed by atoms with E-state index in [1.165, 1.54) is 3.97 Å². The molecule has 0 spiro atoms. The van der Waals surface area contributed by atoms with Gasteiger partial charge >= 0.3 is 0 Å². The summed E-state index contributed by atoms with van der Waals surface area (Å²) in [5.74, 6) is 0.434. The highest BCUT2D eigenvalue weighted by atomic mass is 32.2. The fraction of sp³-hybridized carbons (Fsp3) is 0.160. The summed E-state index contributed by atoms with van der Waals surface area (Å²) >= 11 is 0. The molecule has 0 aliphatic carbocycles. The van der Waals surface area contributed by atoms with E-state index in [1.807, 2.05) is 43.3 Å². The van der Waals surface area contributed by atoms with E-state index in [1.54, 1.807) is 48.7 Å². The van der Waals surface area contributed by atoms with Gasteiger partial charge < -0.3 is 10.1 Å². The van der Waals surface area contributed by atoms with Crippen molar-refractivity contribution in [3.05, 3.63) is 96.2 Å². The molecule has 0 atom stereocenters. The van der Waals surface area contributed by atoms with E-state index in [-0.39, 0.29) is 17.4 Å². The van der Waals surface area contributed by atoms with Crippen molar-refractivity contribution < 1.29 is 17.9 Å². The molecule has 3 aromatic carbocycles. The van der Waals surface area contributed by atoms with Gasteiger partial charge in [-0.1, -0.05) is 48.0 Å². The minimum atomic E-state index is -3.69. The van der Waals surface area contributed by atoms with Crippen molar-refractivity contribution in [2.75, 3.05) is 13.2 Å². The molecule has 1 N–H and O–H groups in total. The second-order valence-corrected chi connectivity index (χ2v) is 9.34. The Balaban J connectivity index is 1.42. The normalized spacial score (nSPS) is 11.4. The zero-order chi connectivity index (χ0) is 22.6. The van der Waals surface area contributed by atoms with Crippen molar-refractivity contribution >= 4 is 26.8 Å². The van der Waals surface area contributed by atoms with Gasteiger partial charge in [0.05, 0.1) is 10.4 Å². The smallest absolute Gasteiger partial charge is 0.268 e. The summed E-state index contributed by atoms with van der Waals surface area (Å²) in [6.07, 6.45) is 2.15. The molecule has 32 heavy (non-hydrogen) atoms. The van der Waals surface area contributed by atoms with Crippen LogP contribution in [-0.2, 0) is 21.2 Å². The van der Waals surface area contributed by atoms with Gasteiger partial charge in [0.15, 0.2) is 6.61 Å². The van der Waals surface area contributed by atoms with Gasteiger partial charge in [0.2, 0.25) is 0 Å². The first kappa shape index (κ1) is 21.6. The molecule has 0 radical (unpaired) electrons. The van der Waals surface area contributed by atoms with Crippen molar-refractivity contribution in [2.24, 2.45) is 0 Å². The maximum Gasteiger partial charge on any atom is 0.268 e. The number of ether oxygens (including phenoxy) is 1. The largest absolute Gasteiger partial charge is 0.484 e. The maximum atomic E-state index is 13.1. The molecule has 6 nitrogen and oxygen atoms in total. The fourth-order valence-corrected chi connectivity index (χ4v) is 4.75. The third-order valence-electron chi connectivity index (χ3n) is 5.15. The Morgan fingerprint density at radius 2 is 1.72 bits per heavy atom. The minimum Gasteiger partial charge on any atom is -0.484 e. The monoisotopic (exact) mass is 448 g/mol. The van der Waals surface area contributed by atoms with Crippen LogP contribution < -0.4 is 10.1 Å². The van der Waals surface area contributed by atoms with Crippen LogP contribution in [0.15, 0.2) is 90.0 Å². The van der Waals surface area contributed by atoms with Gasteiger partial charge in [-0.05, 0) is 55.3 Å². The van der Waals surface area contributed by atoms with Crippen LogP contribution in [0.4, 0.5) is 0 Å². The standard InChI is InChI=1S/C25H24N2O4S/c1-19-7-11-23(12-8-19)32(29,30)27-16-14-21-10-9-20(17-24(21)27)13-15-26-25(28)18-31-22-5-3-2-4-6-22/h2-12,14,16-17H,13,15,18H2,1H3,(H,26,28). The molecule has 4 rings (SSSR count). The van der Waals surface area contributed by atoms with Gasteiger partial charge in [-0.2, -0.15) is 0 Å². The molecule has 164 valence electrons. The second kappa shape index (κ2) is 9.28. The summed E-state index contributed by atoms with van der Waals surface area (Å²) in [7, 11) is -3.69. The number of para-hydroxylation sites is 1. The van der Waals surface area contributed by atoms with Gasteiger partial charge in [-0.3, -0.25) is 4.79 Å². The first-order valence-electron chi connectivity index (χ1n) is 10.3. The molecule has 0 aliphatic rings. The van der Waals surface area contributed by atoms with Crippen LogP contribution in [0.3, 0.4) is 0 Å². The molecule has 0 saturated heterocycles. The Morgan fingerprint density at radius 3 is 2.47 bits per heavy atom. The van der Waals surface area contributed by atoms with Crippen LogP contribution in [0.1, 0.15) is 11.1 Å². The number of hydrogen-bond donors (Lipinski definition) is 1. The molecule has 7 heteroatoms. The molecular weight excluding hydrogens is 424 g/mol. The molecule has 0 bridgehead atoms. The molecule has 0 saturated carbocycles. The molecule has 0 unspecified atom stereocenters. The topological polar surface area (TPSA) is 77.4 Å². The van der Waals surface area contributed by atoms with Crippen molar-refractivity contribution in [3.63, 3.8) is 0 Å². The lowest BCUT2D eigenvalue weighted by molar-refractivity contribution is -0.123. The summed E-state index contributed by atoms with van der Waals surface area (Å²) < 4.78 is 33.0. The zero-order valence-corrected chi connectivity index (χ0v) is 18.5. The van der Waals surface area contributed by atoms with Crippen molar-refractivity contribution in [3.8, 4) is 5.75 Å².